The molecule has 2 N–H and O–H groups in total. The van der Waals surface area contributed by atoms with Gasteiger partial charge < -0.3 is 15.4 Å². The predicted molar refractivity (Wildman–Crippen MR) is 144 cm³/mol. The number of aromatic nitrogens is 3. The van der Waals surface area contributed by atoms with E-state index in [0.717, 1.165) is 46.5 Å². The normalized spacial score (nSPS) is 21.6. The number of likely N-dealkylation sites (N-methyl/N-ethyl adjacent to an activating group) is 1. The number of ether oxygens (including phenoxy) is 1. The third kappa shape index (κ3) is 4.56. The van der Waals surface area contributed by atoms with Crippen LogP contribution in [0.3, 0.4) is 0 Å². The summed E-state index contributed by atoms with van der Waals surface area (Å²) in [6.45, 7) is 4.72. The van der Waals surface area contributed by atoms with E-state index in [0.29, 0.717) is 17.8 Å². The second-order valence-electron chi connectivity index (χ2n) is 10.2. The Hall–Kier alpha value is -3.42. The minimum absolute atomic E-state index is 0.370. The smallest absolute Gasteiger partial charge is 0.127 e. The summed E-state index contributed by atoms with van der Waals surface area (Å²) in [6, 6.07) is 19.0. The largest absolute Gasteiger partial charge is 0.457 e. The summed E-state index contributed by atoms with van der Waals surface area (Å²) < 4.78 is 8.18. The molecule has 36 heavy (non-hydrogen) atoms. The summed E-state index contributed by atoms with van der Waals surface area (Å²) in [5.41, 5.74) is 10.1. The van der Waals surface area contributed by atoms with Crippen molar-refractivity contribution in [3.63, 3.8) is 0 Å². The van der Waals surface area contributed by atoms with Crippen LogP contribution in [0.5, 0.6) is 11.5 Å². The highest BCUT2D eigenvalue weighted by atomic mass is 16.5. The van der Waals surface area contributed by atoms with Crippen LogP contribution in [0.2, 0.25) is 0 Å². The van der Waals surface area contributed by atoms with Gasteiger partial charge in [-0.25, -0.2) is 0 Å². The summed E-state index contributed by atoms with van der Waals surface area (Å²) in [6.07, 6.45) is 8.34. The number of fused-ring (bicyclic) bond motifs is 1. The van der Waals surface area contributed by atoms with Crippen LogP contribution in [-0.2, 0) is 0 Å². The highest BCUT2D eigenvalue weighted by molar-refractivity contribution is 6.01. The maximum absolute atomic E-state index is 6.45. The van der Waals surface area contributed by atoms with E-state index < -0.39 is 0 Å². The van der Waals surface area contributed by atoms with Gasteiger partial charge in [0.1, 0.15) is 17.2 Å². The van der Waals surface area contributed by atoms with E-state index in [1.165, 1.54) is 39.0 Å². The van der Waals surface area contributed by atoms with E-state index in [1.807, 2.05) is 48.7 Å². The number of benzene rings is 2. The van der Waals surface area contributed by atoms with Crippen molar-refractivity contribution in [3.05, 3.63) is 67.0 Å². The number of nitrogens with zero attached hydrogens (tertiary/aromatic N) is 5. The van der Waals surface area contributed by atoms with Gasteiger partial charge in [0.2, 0.25) is 0 Å². The molecule has 1 aliphatic heterocycles. The molecular weight excluding hydrogens is 448 g/mol. The fraction of sp³-hybridized carbons (Fsp3) is 0.379. The Kier molecular flexibility index (Phi) is 6.34. The number of pyridine rings is 1. The minimum Gasteiger partial charge on any atom is -0.457 e. The monoisotopic (exact) mass is 482 g/mol. The van der Waals surface area contributed by atoms with Crippen LogP contribution in [0.4, 0.5) is 5.69 Å². The molecule has 7 nitrogen and oxygen atoms in total. The summed E-state index contributed by atoms with van der Waals surface area (Å²) in [5.74, 6) is 1.62. The molecule has 0 radical (unpaired) electrons. The van der Waals surface area contributed by atoms with Gasteiger partial charge in [-0.2, -0.15) is 5.10 Å². The van der Waals surface area contributed by atoms with Crippen LogP contribution in [0, 0.1) is 0 Å². The van der Waals surface area contributed by atoms with Crippen molar-refractivity contribution in [2.75, 3.05) is 39.0 Å². The van der Waals surface area contributed by atoms with Crippen molar-refractivity contribution in [3.8, 4) is 22.8 Å². The number of rotatable bonds is 5. The molecule has 1 aliphatic carbocycles. The van der Waals surface area contributed by atoms with E-state index in [1.54, 1.807) is 6.20 Å². The maximum atomic E-state index is 6.45. The van der Waals surface area contributed by atoms with Crippen molar-refractivity contribution in [1.82, 2.24) is 24.6 Å². The van der Waals surface area contributed by atoms with Gasteiger partial charge in [0.25, 0.3) is 0 Å². The van der Waals surface area contributed by atoms with E-state index in [9.17, 15) is 0 Å². The quantitative estimate of drug-likeness (QED) is 0.421. The molecule has 2 aliphatic rings. The first-order chi connectivity index (χ1) is 17.7. The maximum Gasteiger partial charge on any atom is 0.127 e. The van der Waals surface area contributed by atoms with E-state index in [4.69, 9.17) is 15.6 Å². The fourth-order valence-electron chi connectivity index (χ4n) is 5.75. The minimum atomic E-state index is 0.370. The first-order valence-electron chi connectivity index (χ1n) is 13.0. The summed E-state index contributed by atoms with van der Waals surface area (Å²) >= 11 is 0. The first kappa shape index (κ1) is 23.0. The van der Waals surface area contributed by atoms with Crippen molar-refractivity contribution in [1.29, 1.82) is 0 Å². The first-order valence-corrected chi connectivity index (χ1v) is 13.0. The molecule has 0 bridgehead atoms. The van der Waals surface area contributed by atoms with Crippen LogP contribution in [0.1, 0.15) is 31.7 Å². The van der Waals surface area contributed by atoms with Gasteiger partial charge in [-0.1, -0.05) is 18.2 Å². The molecule has 2 aromatic carbocycles. The SMILES string of the molecule is CN1CCN(C2CCC(n3nc(-c4ccc(Oc5ccccc5)cc4)c4c(N)cncc43)CC2)CC1. The van der Waals surface area contributed by atoms with Gasteiger partial charge in [-0.05, 0) is 69.1 Å². The van der Waals surface area contributed by atoms with Crippen molar-refractivity contribution >= 4 is 16.6 Å². The molecule has 0 amide bonds. The highest BCUT2D eigenvalue weighted by Gasteiger charge is 2.30. The molecule has 1 saturated carbocycles. The average molecular weight is 483 g/mol. The Bertz CT molecular complexity index is 1300. The Morgan fingerprint density at radius 1 is 0.806 bits per heavy atom. The number of piperazine rings is 1. The Labute approximate surface area is 212 Å². The molecule has 3 heterocycles. The third-order valence-corrected chi connectivity index (χ3v) is 7.82. The molecule has 7 heteroatoms. The fourth-order valence-corrected chi connectivity index (χ4v) is 5.75. The number of nitrogen functional groups attached to an aromatic ring is 1. The van der Waals surface area contributed by atoms with E-state index in [2.05, 4.69) is 38.6 Å². The molecule has 186 valence electrons. The summed E-state index contributed by atoms with van der Waals surface area (Å²) in [7, 11) is 2.22. The standard InChI is InChI=1S/C29H34N6O/c1-33-15-17-34(18-16-33)22-9-11-23(12-10-22)35-27-20-31-19-26(30)28(27)29(32-35)21-7-13-25(14-8-21)36-24-5-3-2-4-6-24/h2-8,13-14,19-20,22-23H,9-12,15-18,30H2,1H3. The van der Waals surface area contributed by atoms with E-state index >= 15 is 0 Å². The molecule has 0 spiro atoms. The lowest BCUT2D eigenvalue weighted by Gasteiger charge is -2.41. The Morgan fingerprint density at radius 2 is 1.47 bits per heavy atom. The second kappa shape index (κ2) is 9.91. The number of anilines is 1. The molecule has 0 unspecified atom stereocenters. The molecule has 1 saturated heterocycles. The summed E-state index contributed by atoms with van der Waals surface area (Å²) in [4.78, 5) is 9.54. The van der Waals surface area contributed by atoms with Gasteiger partial charge >= 0.3 is 0 Å². The van der Waals surface area contributed by atoms with Gasteiger partial charge in [-0.3, -0.25) is 14.6 Å². The molecule has 2 fully saturated rings. The molecular formula is C29H34N6O. The predicted octanol–water partition coefficient (Wildman–Crippen LogP) is 5.20. The topological polar surface area (TPSA) is 72.4 Å². The van der Waals surface area contributed by atoms with Crippen LogP contribution in [0.15, 0.2) is 67.0 Å². The van der Waals surface area contributed by atoms with Gasteiger partial charge in [0.05, 0.1) is 35.0 Å². The average Bonchev–Trinajstić information content (AvgIpc) is 3.31. The highest BCUT2D eigenvalue weighted by Crippen LogP contribution is 2.38. The van der Waals surface area contributed by atoms with Crippen LogP contribution in [-0.4, -0.2) is 63.8 Å². The third-order valence-electron chi connectivity index (χ3n) is 7.82. The van der Waals surface area contributed by atoms with Crippen molar-refractivity contribution in [2.45, 2.75) is 37.8 Å². The zero-order valence-corrected chi connectivity index (χ0v) is 20.9. The Balaban J connectivity index is 1.24. The molecule has 4 aromatic rings. The van der Waals surface area contributed by atoms with Gasteiger partial charge in [-0.15, -0.1) is 0 Å². The Morgan fingerprint density at radius 3 is 2.19 bits per heavy atom. The van der Waals surface area contributed by atoms with Gasteiger partial charge in [0, 0.05) is 37.8 Å². The number of para-hydroxylation sites is 1. The second-order valence-corrected chi connectivity index (χ2v) is 10.2. The molecule has 0 atom stereocenters. The number of nitrogens with two attached hydrogens (primary N) is 1. The van der Waals surface area contributed by atoms with Gasteiger partial charge in [0.15, 0.2) is 0 Å². The molecule has 6 rings (SSSR count). The lowest BCUT2D eigenvalue weighted by Crippen LogP contribution is -2.49. The van der Waals surface area contributed by atoms with Crippen LogP contribution in [0.25, 0.3) is 22.2 Å². The number of hydrogen-bond donors (Lipinski definition) is 1. The molecule has 2 aromatic heterocycles. The van der Waals surface area contributed by atoms with Crippen molar-refractivity contribution in [2.24, 2.45) is 0 Å². The lowest BCUT2D eigenvalue weighted by atomic mass is 9.89. The summed E-state index contributed by atoms with van der Waals surface area (Å²) in [5, 5.41) is 6.13. The zero-order chi connectivity index (χ0) is 24.5. The lowest BCUT2D eigenvalue weighted by molar-refractivity contribution is 0.0816. The van der Waals surface area contributed by atoms with Crippen molar-refractivity contribution < 1.29 is 4.74 Å². The van der Waals surface area contributed by atoms with Crippen LogP contribution >= 0.6 is 0 Å². The van der Waals surface area contributed by atoms with E-state index in [-0.39, 0.29) is 0 Å². The van der Waals surface area contributed by atoms with Crippen LogP contribution < -0.4 is 10.5 Å². The zero-order valence-electron chi connectivity index (χ0n) is 20.9. The number of hydrogen-bond acceptors (Lipinski definition) is 6.